The third-order valence-electron chi connectivity index (χ3n) is 13.6. The fraction of sp³-hybridized carbons (Fsp3) is 0.800. The maximum atomic E-state index is 12.7. The van der Waals surface area contributed by atoms with Gasteiger partial charge in [-0.1, -0.05) is 313 Å². The van der Waals surface area contributed by atoms with Crippen molar-refractivity contribution in [2.24, 2.45) is 0 Å². The molecule has 0 aliphatic carbocycles. The highest BCUT2D eigenvalue weighted by Crippen LogP contribution is 2.18. The third kappa shape index (κ3) is 57.9. The Morgan fingerprint density at radius 1 is 0.296 bits per heavy atom. The van der Waals surface area contributed by atoms with Gasteiger partial charge in [0.25, 0.3) is 0 Å². The Hall–Kier alpha value is -2.89. The van der Waals surface area contributed by atoms with Crippen LogP contribution in [-0.4, -0.2) is 37.2 Å². The van der Waals surface area contributed by atoms with Gasteiger partial charge in [0, 0.05) is 12.8 Å². The minimum absolute atomic E-state index is 0.101. The fourth-order valence-corrected chi connectivity index (χ4v) is 8.99. The molecule has 71 heavy (non-hydrogen) atoms. The van der Waals surface area contributed by atoms with Crippen molar-refractivity contribution in [1.29, 1.82) is 0 Å². The van der Waals surface area contributed by atoms with Gasteiger partial charge in [-0.3, -0.25) is 14.4 Å². The predicted octanol–water partition coefficient (Wildman–Crippen LogP) is 20.8. The summed E-state index contributed by atoms with van der Waals surface area (Å²) in [5.74, 6) is -1.03. The number of hydrogen-bond acceptors (Lipinski definition) is 6. The van der Waals surface area contributed by atoms with Crippen LogP contribution in [0.3, 0.4) is 0 Å². The van der Waals surface area contributed by atoms with Gasteiger partial charge in [0.15, 0.2) is 6.10 Å². The molecule has 1 unspecified atom stereocenters. The molecule has 0 aromatic rings. The highest BCUT2D eigenvalue weighted by molar-refractivity contribution is 5.72. The van der Waals surface area contributed by atoms with Gasteiger partial charge in [-0.2, -0.15) is 0 Å². The van der Waals surface area contributed by atoms with Gasteiger partial charge >= 0.3 is 17.9 Å². The summed E-state index contributed by atoms with van der Waals surface area (Å²) in [6.07, 6.45) is 75.8. The third-order valence-corrected chi connectivity index (χ3v) is 13.6. The first-order chi connectivity index (χ1) is 35.0. The molecule has 1 atom stereocenters. The van der Waals surface area contributed by atoms with Crippen molar-refractivity contribution < 1.29 is 28.6 Å². The Morgan fingerprint density at radius 3 is 0.803 bits per heavy atom. The zero-order valence-electron chi connectivity index (χ0n) is 47.2. The van der Waals surface area contributed by atoms with E-state index in [1.54, 1.807) is 6.08 Å². The first-order valence-electron chi connectivity index (χ1n) is 30.8. The van der Waals surface area contributed by atoms with E-state index in [9.17, 15) is 14.4 Å². The standard InChI is InChI=1S/C65H116O6/c1-4-7-10-13-16-19-21-23-25-26-27-28-29-30-31-32-33-34-35-36-37-38-39-41-42-44-46-49-52-55-58-64(67)70-61-62(60-69-63(66)57-54-51-48-18-15-12-9-6-3)71-65(68)59-56-53-50-47-45-43-40-24-22-20-17-14-11-8-5-2/h8,11,17,20,24,40,45,47,53,56,62H,4-7,9-10,12-16,18-19,21-23,25-39,41-44,46,48-52,54-55,57-61H2,1-3H3/b11-8-,20-17-,40-24-,47-45-,56-53-. The summed E-state index contributed by atoms with van der Waals surface area (Å²) < 4.78 is 16.7. The van der Waals surface area contributed by atoms with Crippen LogP contribution in [0.2, 0.25) is 0 Å². The van der Waals surface area contributed by atoms with Gasteiger partial charge in [-0.25, -0.2) is 0 Å². The molecular formula is C65H116O6. The summed E-state index contributed by atoms with van der Waals surface area (Å²) in [4.78, 5) is 37.9. The lowest BCUT2D eigenvalue weighted by Gasteiger charge is -2.18. The Morgan fingerprint density at radius 2 is 0.535 bits per heavy atom. The molecule has 0 N–H and O–H groups in total. The van der Waals surface area contributed by atoms with E-state index in [1.807, 2.05) is 6.08 Å². The van der Waals surface area contributed by atoms with Crippen molar-refractivity contribution in [3.8, 4) is 0 Å². The van der Waals surface area contributed by atoms with Crippen molar-refractivity contribution in [2.75, 3.05) is 13.2 Å². The SMILES string of the molecule is CC/C=C\C/C=C\C/C=C\C/C=C\C/C=C\CC(=O)OC(COC(=O)CCCCCCCCCC)COC(=O)CCCCCCCCCCCCCCCCCCCCCCCCCCCCCCCC. The van der Waals surface area contributed by atoms with E-state index in [0.717, 1.165) is 70.6 Å². The molecule has 0 saturated heterocycles. The van der Waals surface area contributed by atoms with Crippen LogP contribution < -0.4 is 0 Å². The number of carbonyl (C=O) groups is 3. The molecule has 0 aliphatic rings. The van der Waals surface area contributed by atoms with E-state index in [2.05, 4.69) is 69.4 Å². The molecule has 0 amide bonds. The van der Waals surface area contributed by atoms with Crippen molar-refractivity contribution in [2.45, 2.75) is 322 Å². The largest absolute Gasteiger partial charge is 0.462 e. The molecule has 0 bridgehead atoms. The number of esters is 3. The van der Waals surface area contributed by atoms with Gasteiger partial charge in [-0.05, 0) is 44.9 Å². The molecule has 6 heteroatoms. The number of carbonyl (C=O) groups excluding carboxylic acids is 3. The first kappa shape index (κ1) is 68.1. The van der Waals surface area contributed by atoms with Crippen LogP contribution in [0.15, 0.2) is 60.8 Å². The van der Waals surface area contributed by atoms with Crippen LogP contribution in [0, 0.1) is 0 Å². The van der Waals surface area contributed by atoms with Gasteiger partial charge in [0.1, 0.15) is 13.2 Å². The van der Waals surface area contributed by atoms with Crippen LogP contribution in [-0.2, 0) is 28.6 Å². The second kappa shape index (κ2) is 59.7. The lowest BCUT2D eigenvalue weighted by Crippen LogP contribution is -2.30. The molecule has 0 fully saturated rings. The quantitative estimate of drug-likeness (QED) is 0.0261. The van der Waals surface area contributed by atoms with E-state index in [1.165, 1.54) is 205 Å². The van der Waals surface area contributed by atoms with Crippen LogP contribution in [0.5, 0.6) is 0 Å². The van der Waals surface area contributed by atoms with E-state index >= 15 is 0 Å². The molecule has 0 aromatic heterocycles. The van der Waals surface area contributed by atoms with E-state index < -0.39 is 12.1 Å². The molecule has 0 aliphatic heterocycles. The topological polar surface area (TPSA) is 78.9 Å². The summed E-state index contributed by atoms with van der Waals surface area (Å²) >= 11 is 0. The first-order valence-corrected chi connectivity index (χ1v) is 30.8. The highest BCUT2D eigenvalue weighted by atomic mass is 16.6. The van der Waals surface area contributed by atoms with E-state index in [0.29, 0.717) is 12.8 Å². The van der Waals surface area contributed by atoms with Crippen LogP contribution >= 0.6 is 0 Å². The second-order valence-electron chi connectivity index (χ2n) is 20.6. The Bertz CT molecular complexity index is 1280. The lowest BCUT2D eigenvalue weighted by molar-refractivity contribution is -0.166. The Kier molecular flexibility index (Phi) is 57.2. The van der Waals surface area contributed by atoms with Gasteiger partial charge in [0.2, 0.25) is 0 Å². The summed E-state index contributed by atoms with van der Waals surface area (Å²) in [6.45, 7) is 6.44. The van der Waals surface area contributed by atoms with Gasteiger partial charge in [-0.15, -0.1) is 0 Å². The minimum atomic E-state index is -0.824. The second-order valence-corrected chi connectivity index (χ2v) is 20.6. The monoisotopic (exact) mass is 993 g/mol. The van der Waals surface area contributed by atoms with E-state index in [4.69, 9.17) is 14.2 Å². The molecule has 0 spiro atoms. The fourth-order valence-electron chi connectivity index (χ4n) is 8.99. The average Bonchev–Trinajstić information content (AvgIpc) is 3.37. The Labute approximate surface area is 440 Å². The maximum Gasteiger partial charge on any atom is 0.310 e. The summed E-state index contributed by atoms with van der Waals surface area (Å²) in [6, 6.07) is 0. The predicted molar refractivity (Wildman–Crippen MR) is 307 cm³/mol. The number of hydrogen-bond donors (Lipinski definition) is 0. The molecule has 412 valence electrons. The van der Waals surface area contributed by atoms with Gasteiger partial charge < -0.3 is 14.2 Å². The van der Waals surface area contributed by atoms with Crippen molar-refractivity contribution in [1.82, 2.24) is 0 Å². The number of ether oxygens (including phenoxy) is 3. The molecule has 0 saturated carbocycles. The average molecular weight is 994 g/mol. The zero-order valence-corrected chi connectivity index (χ0v) is 47.2. The normalized spacial score (nSPS) is 12.4. The van der Waals surface area contributed by atoms with Gasteiger partial charge in [0.05, 0.1) is 6.42 Å². The molecule has 0 radical (unpaired) electrons. The number of rotatable bonds is 56. The molecular weight excluding hydrogens is 877 g/mol. The van der Waals surface area contributed by atoms with Crippen molar-refractivity contribution in [3.63, 3.8) is 0 Å². The number of unbranched alkanes of at least 4 members (excludes halogenated alkanes) is 36. The van der Waals surface area contributed by atoms with E-state index in [-0.39, 0.29) is 31.6 Å². The number of allylic oxidation sites excluding steroid dienone is 9. The lowest BCUT2D eigenvalue weighted by atomic mass is 10.0. The van der Waals surface area contributed by atoms with Crippen molar-refractivity contribution >= 4 is 17.9 Å². The highest BCUT2D eigenvalue weighted by Gasteiger charge is 2.19. The zero-order chi connectivity index (χ0) is 51.4. The van der Waals surface area contributed by atoms with Crippen molar-refractivity contribution in [3.05, 3.63) is 60.8 Å². The molecule has 0 aromatic carbocycles. The molecule has 0 rings (SSSR count). The van der Waals surface area contributed by atoms with Crippen LogP contribution in [0.1, 0.15) is 316 Å². The van der Waals surface area contributed by atoms with Crippen LogP contribution in [0.4, 0.5) is 0 Å². The summed E-state index contributed by atoms with van der Waals surface area (Å²) in [5.41, 5.74) is 0. The summed E-state index contributed by atoms with van der Waals surface area (Å²) in [7, 11) is 0. The minimum Gasteiger partial charge on any atom is -0.462 e. The van der Waals surface area contributed by atoms with Crippen LogP contribution in [0.25, 0.3) is 0 Å². The molecule has 6 nitrogen and oxygen atoms in total. The Balaban J connectivity index is 4.09. The maximum absolute atomic E-state index is 12.7. The molecule has 0 heterocycles. The summed E-state index contributed by atoms with van der Waals surface area (Å²) in [5, 5.41) is 0. The smallest absolute Gasteiger partial charge is 0.310 e.